The molecule has 0 N–H and O–H groups in total. The van der Waals surface area contributed by atoms with Crippen LogP contribution < -0.4 is 0 Å². The third kappa shape index (κ3) is 1.68. The van der Waals surface area contributed by atoms with Crippen LogP contribution in [-0.4, -0.2) is 4.98 Å². The van der Waals surface area contributed by atoms with Crippen LogP contribution in [0.25, 0.3) is 5.57 Å². The van der Waals surface area contributed by atoms with Gasteiger partial charge in [0.25, 0.3) is 0 Å². The monoisotopic (exact) mass is 167 g/mol. The molecule has 0 aliphatic heterocycles. The van der Waals surface area contributed by atoms with Crippen LogP contribution in [0.1, 0.15) is 12.5 Å². The number of nitrogens with zero attached hydrogens (tertiary/aromatic N) is 1. The molecule has 13 heavy (non-hydrogen) atoms. The van der Waals surface area contributed by atoms with Crippen LogP contribution in [0.2, 0.25) is 0 Å². The zero-order valence-corrected chi connectivity index (χ0v) is 7.41. The number of hydrogen-bond donors (Lipinski definition) is 0. The zero-order chi connectivity index (χ0) is 9.10. The first-order chi connectivity index (χ1) is 6.36. The second kappa shape index (κ2) is 3.28. The van der Waals surface area contributed by atoms with E-state index in [0.717, 1.165) is 11.1 Å². The Balaban J connectivity index is 2.51. The van der Waals surface area contributed by atoms with Crippen LogP contribution in [-0.2, 0) is 0 Å². The average Bonchev–Trinajstić information content (AvgIpc) is 2.19. The standard InChI is InChI=1S/C12H9N/c1-10-3-2-4-12(9-10)11-5-7-13-8-6-11/h3,5-9H,1H3. The van der Waals surface area contributed by atoms with E-state index >= 15 is 0 Å². The normalized spacial score (nSPS) is 13.9. The lowest BCUT2D eigenvalue weighted by Crippen LogP contribution is -1.82. The molecule has 1 aromatic heterocycles. The van der Waals surface area contributed by atoms with Crippen LogP contribution in [0.3, 0.4) is 0 Å². The molecule has 0 aromatic carbocycles. The van der Waals surface area contributed by atoms with E-state index in [1.54, 1.807) is 12.4 Å². The number of allylic oxidation sites excluding steroid dienone is 4. The van der Waals surface area contributed by atoms with E-state index in [1.165, 1.54) is 5.57 Å². The minimum Gasteiger partial charge on any atom is -0.265 e. The molecule has 0 saturated heterocycles. The van der Waals surface area contributed by atoms with Crippen molar-refractivity contribution in [2.24, 2.45) is 0 Å². The van der Waals surface area contributed by atoms with Gasteiger partial charge in [-0.25, -0.2) is 0 Å². The molecule has 1 aromatic rings. The van der Waals surface area contributed by atoms with E-state index in [1.807, 2.05) is 18.2 Å². The average molecular weight is 167 g/mol. The molecule has 1 aliphatic rings. The molecule has 1 heteroatoms. The van der Waals surface area contributed by atoms with Gasteiger partial charge in [-0.2, -0.15) is 0 Å². The van der Waals surface area contributed by atoms with Crippen molar-refractivity contribution in [3.05, 3.63) is 59.3 Å². The van der Waals surface area contributed by atoms with Crippen LogP contribution in [0.4, 0.5) is 0 Å². The van der Waals surface area contributed by atoms with Crippen molar-refractivity contribution in [1.29, 1.82) is 0 Å². The van der Waals surface area contributed by atoms with Gasteiger partial charge in [0, 0.05) is 18.0 Å². The third-order valence-corrected chi connectivity index (χ3v) is 1.87. The molecule has 0 spiro atoms. The van der Waals surface area contributed by atoms with Crippen molar-refractivity contribution in [1.82, 2.24) is 4.98 Å². The lowest BCUT2D eigenvalue weighted by molar-refractivity contribution is 1.32. The van der Waals surface area contributed by atoms with Gasteiger partial charge in [-0.1, -0.05) is 11.5 Å². The van der Waals surface area contributed by atoms with Crippen LogP contribution in [0, 0.1) is 0 Å². The summed E-state index contributed by atoms with van der Waals surface area (Å²) < 4.78 is 0. The Hall–Kier alpha value is -1.81. The van der Waals surface area contributed by atoms with Gasteiger partial charge >= 0.3 is 0 Å². The number of pyridine rings is 1. The van der Waals surface area contributed by atoms with E-state index in [9.17, 15) is 0 Å². The minimum atomic E-state index is 1.07. The van der Waals surface area contributed by atoms with E-state index in [-0.39, 0.29) is 0 Å². The first kappa shape index (κ1) is 7.82. The summed E-state index contributed by atoms with van der Waals surface area (Å²) in [4.78, 5) is 3.97. The molecule has 0 unspecified atom stereocenters. The third-order valence-electron chi connectivity index (χ3n) is 1.87. The van der Waals surface area contributed by atoms with Gasteiger partial charge in [0.05, 0.1) is 0 Å². The summed E-state index contributed by atoms with van der Waals surface area (Å²) in [5, 5.41) is 0. The molecule has 1 nitrogen and oxygen atoms in total. The Bertz CT molecular complexity index is 439. The van der Waals surface area contributed by atoms with Crippen molar-refractivity contribution < 1.29 is 0 Å². The van der Waals surface area contributed by atoms with Gasteiger partial charge in [-0.3, -0.25) is 4.98 Å². The fourth-order valence-corrected chi connectivity index (χ4v) is 1.22. The predicted molar refractivity (Wildman–Crippen MR) is 53.0 cm³/mol. The van der Waals surface area contributed by atoms with Crippen molar-refractivity contribution in [3.63, 3.8) is 0 Å². The maximum atomic E-state index is 3.97. The molecule has 0 radical (unpaired) electrons. The number of rotatable bonds is 1. The summed E-state index contributed by atoms with van der Waals surface area (Å²) in [6.45, 7) is 2.05. The van der Waals surface area contributed by atoms with E-state index in [2.05, 4.69) is 29.4 Å². The van der Waals surface area contributed by atoms with Gasteiger partial charge in [-0.15, -0.1) is 0 Å². The predicted octanol–water partition coefficient (Wildman–Crippen LogP) is 2.74. The molecule has 1 aliphatic carbocycles. The molecule has 0 saturated carbocycles. The van der Waals surface area contributed by atoms with Gasteiger partial charge < -0.3 is 0 Å². The first-order valence-corrected chi connectivity index (χ1v) is 4.17. The molecule has 2 rings (SSSR count). The number of hydrogen-bond acceptors (Lipinski definition) is 1. The maximum Gasteiger partial charge on any atom is 0.0325 e. The summed E-state index contributed by atoms with van der Waals surface area (Å²) >= 11 is 0. The summed E-state index contributed by atoms with van der Waals surface area (Å²) in [6.07, 6.45) is 7.58. The molecule has 0 amide bonds. The van der Waals surface area contributed by atoms with E-state index < -0.39 is 0 Å². The van der Waals surface area contributed by atoms with Crippen molar-refractivity contribution in [2.75, 3.05) is 0 Å². The second-order valence-corrected chi connectivity index (χ2v) is 2.95. The van der Waals surface area contributed by atoms with Crippen molar-refractivity contribution >= 4 is 5.57 Å². The molecule has 0 fully saturated rings. The molecule has 0 atom stereocenters. The lowest BCUT2D eigenvalue weighted by Gasteiger charge is -2.00. The highest BCUT2D eigenvalue weighted by Crippen LogP contribution is 2.17. The zero-order valence-electron chi connectivity index (χ0n) is 7.41. The molecular formula is C12H9N. The van der Waals surface area contributed by atoms with Crippen LogP contribution in [0.15, 0.2) is 53.7 Å². The summed E-state index contributed by atoms with van der Waals surface area (Å²) in [5.41, 5.74) is 9.46. The highest BCUT2D eigenvalue weighted by molar-refractivity contribution is 5.75. The van der Waals surface area contributed by atoms with Crippen LogP contribution in [0.5, 0.6) is 0 Å². The van der Waals surface area contributed by atoms with Gasteiger partial charge in [-0.05, 0) is 42.3 Å². The summed E-state index contributed by atoms with van der Waals surface area (Å²) in [6, 6.07) is 3.94. The Kier molecular flexibility index (Phi) is 1.97. The minimum absolute atomic E-state index is 1.07. The molecule has 0 bridgehead atoms. The molecule has 62 valence electrons. The Morgan fingerprint density at radius 1 is 1.23 bits per heavy atom. The Morgan fingerprint density at radius 2 is 2.00 bits per heavy atom. The van der Waals surface area contributed by atoms with E-state index in [4.69, 9.17) is 0 Å². The SMILES string of the molecule is CC1=CC(c2ccncc2)=C=C=C1. The van der Waals surface area contributed by atoms with Crippen molar-refractivity contribution in [2.45, 2.75) is 6.92 Å². The van der Waals surface area contributed by atoms with E-state index in [0.29, 0.717) is 0 Å². The second-order valence-electron chi connectivity index (χ2n) is 2.95. The highest BCUT2D eigenvalue weighted by atomic mass is 14.6. The van der Waals surface area contributed by atoms with Crippen molar-refractivity contribution in [3.8, 4) is 0 Å². The highest BCUT2D eigenvalue weighted by Gasteiger charge is 1.98. The van der Waals surface area contributed by atoms with Gasteiger partial charge in [0.15, 0.2) is 0 Å². The smallest absolute Gasteiger partial charge is 0.0325 e. The fraction of sp³-hybridized carbons (Fsp3) is 0.0833. The Labute approximate surface area is 77.4 Å². The Morgan fingerprint density at radius 3 is 2.69 bits per heavy atom. The van der Waals surface area contributed by atoms with Gasteiger partial charge in [0.2, 0.25) is 0 Å². The number of aromatic nitrogens is 1. The first-order valence-electron chi connectivity index (χ1n) is 4.17. The fourth-order valence-electron chi connectivity index (χ4n) is 1.22. The largest absolute Gasteiger partial charge is 0.265 e. The van der Waals surface area contributed by atoms with Crippen LogP contribution >= 0.6 is 0 Å². The lowest BCUT2D eigenvalue weighted by atomic mass is 10.0. The molecule has 1 heterocycles. The summed E-state index contributed by atoms with van der Waals surface area (Å²) in [7, 11) is 0. The quantitative estimate of drug-likeness (QED) is 0.586. The van der Waals surface area contributed by atoms with Gasteiger partial charge in [0.1, 0.15) is 0 Å². The maximum absolute atomic E-state index is 3.97. The summed E-state index contributed by atoms with van der Waals surface area (Å²) in [5.74, 6) is 0. The topological polar surface area (TPSA) is 12.9 Å². The molecular weight excluding hydrogens is 158 g/mol.